The third-order valence-corrected chi connectivity index (χ3v) is 5.58. The summed E-state index contributed by atoms with van der Waals surface area (Å²) in [5.41, 5.74) is -0.216. The standard InChI is InChI=1S/C27H30O10/c1-18(29)34-23(14-28)27(17-32-15-21-10-6-4-7-11-21)25(33-16-22-12-8-5-9-13-22)24(35-19(2)30)26(37-27)36-20(3)31/h4-14,23-26H,15-17H2,1-3H3/t23-,24+,25-,26?,27-/m0/s1. The molecule has 0 aromatic heterocycles. The largest absolute Gasteiger partial charge is 0.453 e. The molecule has 10 nitrogen and oxygen atoms in total. The lowest BCUT2D eigenvalue weighted by Gasteiger charge is -2.37. The summed E-state index contributed by atoms with van der Waals surface area (Å²) in [5.74, 6) is -2.18. The lowest BCUT2D eigenvalue weighted by Crippen LogP contribution is -2.59. The first-order chi connectivity index (χ1) is 17.7. The van der Waals surface area contributed by atoms with E-state index < -0.39 is 48.1 Å². The molecular weight excluding hydrogens is 484 g/mol. The van der Waals surface area contributed by atoms with Gasteiger partial charge in [0.1, 0.15) is 6.10 Å². The SMILES string of the molecule is CC(=O)OC1O[C@@](COCc2ccccc2)([C@H](C=O)OC(C)=O)[C@@H](OCc2ccccc2)[C@H]1OC(C)=O. The quantitative estimate of drug-likeness (QED) is 0.237. The molecule has 0 spiro atoms. The van der Waals surface area contributed by atoms with Gasteiger partial charge < -0.3 is 28.4 Å². The normalized spacial score (nSPS) is 23.6. The van der Waals surface area contributed by atoms with Gasteiger partial charge in [0.05, 0.1) is 19.8 Å². The smallest absolute Gasteiger partial charge is 0.305 e. The molecule has 1 unspecified atom stereocenters. The number of carbonyl (C=O) groups excluding carboxylic acids is 4. The Kier molecular flexibility index (Phi) is 9.90. The Morgan fingerprint density at radius 1 is 0.865 bits per heavy atom. The number of aldehydes is 1. The van der Waals surface area contributed by atoms with Crippen LogP contribution in [0.3, 0.4) is 0 Å². The van der Waals surface area contributed by atoms with Crippen molar-refractivity contribution in [2.75, 3.05) is 6.61 Å². The zero-order chi connectivity index (χ0) is 26.8. The average Bonchev–Trinajstić information content (AvgIpc) is 3.13. The van der Waals surface area contributed by atoms with Crippen molar-refractivity contribution in [2.24, 2.45) is 0 Å². The summed E-state index contributed by atoms with van der Waals surface area (Å²) < 4.78 is 34.3. The summed E-state index contributed by atoms with van der Waals surface area (Å²) in [6.07, 6.45) is -5.14. The molecule has 2 aromatic carbocycles. The summed E-state index contributed by atoms with van der Waals surface area (Å²) in [6, 6.07) is 18.3. The highest BCUT2D eigenvalue weighted by molar-refractivity contribution is 5.71. The molecular formula is C27H30O10. The number of carbonyl (C=O) groups is 4. The lowest BCUT2D eigenvalue weighted by atomic mass is 9.89. The van der Waals surface area contributed by atoms with Gasteiger partial charge in [0.2, 0.25) is 6.29 Å². The zero-order valence-corrected chi connectivity index (χ0v) is 20.9. The Morgan fingerprint density at radius 3 is 1.95 bits per heavy atom. The third kappa shape index (κ3) is 7.45. The number of benzene rings is 2. The molecule has 0 saturated carbocycles. The van der Waals surface area contributed by atoms with E-state index in [9.17, 15) is 19.2 Å². The van der Waals surface area contributed by atoms with Gasteiger partial charge >= 0.3 is 17.9 Å². The average molecular weight is 515 g/mol. The fraction of sp³-hybridized carbons (Fsp3) is 0.407. The number of hydrogen-bond acceptors (Lipinski definition) is 10. The maximum absolute atomic E-state index is 12.3. The highest BCUT2D eigenvalue weighted by Crippen LogP contribution is 2.40. The van der Waals surface area contributed by atoms with E-state index >= 15 is 0 Å². The van der Waals surface area contributed by atoms with Crippen molar-refractivity contribution in [2.45, 2.75) is 64.2 Å². The van der Waals surface area contributed by atoms with E-state index in [2.05, 4.69) is 0 Å². The second kappa shape index (κ2) is 13.1. The topological polar surface area (TPSA) is 124 Å². The van der Waals surface area contributed by atoms with Crippen LogP contribution in [-0.4, -0.2) is 61.0 Å². The molecule has 10 heteroatoms. The minimum absolute atomic E-state index is 0.0194. The van der Waals surface area contributed by atoms with Crippen LogP contribution in [0.5, 0.6) is 0 Å². The molecule has 0 bridgehead atoms. The maximum Gasteiger partial charge on any atom is 0.305 e. The number of ether oxygens (including phenoxy) is 6. The Hall–Kier alpha value is -3.60. The van der Waals surface area contributed by atoms with Gasteiger partial charge in [0.25, 0.3) is 0 Å². The van der Waals surface area contributed by atoms with Crippen LogP contribution in [0.25, 0.3) is 0 Å². The molecule has 1 aliphatic heterocycles. The first-order valence-electron chi connectivity index (χ1n) is 11.7. The van der Waals surface area contributed by atoms with Crippen molar-refractivity contribution in [3.8, 4) is 0 Å². The first-order valence-corrected chi connectivity index (χ1v) is 11.7. The Bertz CT molecular complexity index is 1060. The second-order valence-corrected chi connectivity index (χ2v) is 8.49. The molecule has 37 heavy (non-hydrogen) atoms. The van der Waals surface area contributed by atoms with Crippen molar-refractivity contribution in [1.82, 2.24) is 0 Å². The van der Waals surface area contributed by atoms with Crippen molar-refractivity contribution in [3.63, 3.8) is 0 Å². The lowest BCUT2D eigenvalue weighted by molar-refractivity contribution is -0.234. The molecule has 1 saturated heterocycles. The second-order valence-electron chi connectivity index (χ2n) is 8.49. The van der Waals surface area contributed by atoms with Gasteiger partial charge in [-0.1, -0.05) is 60.7 Å². The van der Waals surface area contributed by atoms with Gasteiger partial charge in [-0.3, -0.25) is 19.2 Å². The summed E-state index contributed by atoms with van der Waals surface area (Å²) >= 11 is 0. The summed E-state index contributed by atoms with van der Waals surface area (Å²) in [7, 11) is 0. The first kappa shape index (κ1) is 28.0. The van der Waals surface area contributed by atoms with E-state index in [4.69, 9.17) is 28.4 Å². The summed E-state index contributed by atoms with van der Waals surface area (Å²) in [5, 5.41) is 0. The minimum Gasteiger partial charge on any atom is -0.453 e. The molecule has 0 N–H and O–H groups in total. The van der Waals surface area contributed by atoms with Crippen molar-refractivity contribution >= 4 is 24.2 Å². The molecule has 0 amide bonds. The predicted octanol–water partition coefficient (Wildman–Crippen LogP) is 2.51. The number of rotatable bonds is 12. The van der Waals surface area contributed by atoms with Crippen LogP contribution in [-0.2, 0) is 60.8 Å². The van der Waals surface area contributed by atoms with Crippen LogP contribution in [0.2, 0.25) is 0 Å². The van der Waals surface area contributed by atoms with E-state index in [0.717, 1.165) is 25.0 Å². The number of esters is 3. The van der Waals surface area contributed by atoms with Gasteiger partial charge in [-0.25, -0.2) is 0 Å². The van der Waals surface area contributed by atoms with Gasteiger partial charge in [0.15, 0.2) is 24.1 Å². The van der Waals surface area contributed by atoms with E-state index in [-0.39, 0.29) is 19.8 Å². The van der Waals surface area contributed by atoms with Crippen molar-refractivity contribution in [3.05, 3.63) is 71.8 Å². The molecule has 1 heterocycles. The molecule has 0 radical (unpaired) electrons. The van der Waals surface area contributed by atoms with Crippen LogP contribution in [0, 0.1) is 0 Å². The van der Waals surface area contributed by atoms with Crippen LogP contribution in [0.1, 0.15) is 31.9 Å². The maximum atomic E-state index is 12.3. The van der Waals surface area contributed by atoms with Gasteiger partial charge in [-0.2, -0.15) is 0 Å². The van der Waals surface area contributed by atoms with Crippen LogP contribution < -0.4 is 0 Å². The zero-order valence-electron chi connectivity index (χ0n) is 20.9. The molecule has 198 valence electrons. The summed E-state index contributed by atoms with van der Waals surface area (Å²) in [4.78, 5) is 48.1. The van der Waals surface area contributed by atoms with Gasteiger partial charge in [0, 0.05) is 20.8 Å². The van der Waals surface area contributed by atoms with Crippen LogP contribution in [0.4, 0.5) is 0 Å². The number of hydrogen-bond donors (Lipinski definition) is 0. The van der Waals surface area contributed by atoms with Gasteiger partial charge in [-0.05, 0) is 11.1 Å². The van der Waals surface area contributed by atoms with E-state index in [1.165, 1.54) is 6.92 Å². The van der Waals surface area contributed by atoms with E-state index in [1.807, 2.05) is 60.7 Å². The predicted molar refractivity (Wildman–Crippen MR) is 128 cm³/mol. The van der Waals surface area contributed by atoms with Crippen LogP contribution >= 0.6 is 0 Å². The van der Waals surface area contributed by atoms with Crippen LogP contribution in [0.15, 0.2) is 60.7 Å². The van der Waals surface area contributed by atoms with E-state index in [0.29, 0.717) is 6.29 Å². The molecule has 2 aromatic rings. The third-order valence-electron chi connectivity index (χ3n) is 5.58. The molecule has 1 aliphatic rings. The molecule has 3 rings (SSSR count). The minimum atomic E-state index is -1.82. The van der Waals surface area contributed by atoms with Gasteiger partial charge in [-0.15, -0.1) is 0 Å². The highest BCUT2D eigenvalue weighted by Gasteiger charge is 2.64. The highest BCUT2D eigenvalue weighted by atomic mass is 16.8. The fourth-order valence-electron chi connectivity index (χ4n) is 4.08. The Morgan fingerprint density at radius 2 is 1.43 bits per heavy atom. The van der Waals surface area contributed by atoms with E-state index in [1.54, 1.807) is 0 Å². The monoisotopic (exact) mass is 514 g/mol. The molecule has 1 fully saturated rings. The fourth-order valence-corrected chi connectivity index (χ4v) is 4.08. The summed E-state index contributed by atoms with van der Waals surface area (Å²) in [6.45, 7) is 3.28. The molecule has 0 aliphatic carbocycles. The Balaban J connectivity index is 2.02. The Labute approximate surface area is 214 Å². The van der Waals surface area contributed by atoms with Crippen molar-refractivity contribution < 1.29 is 47.6 Å². The van der Waals surface area contributed by atoms with Crippen molar-refractivity contribution in [1.29, 1.82) is 0 Å². The molecule has 5 atom stereocenters.